The van der Waals surface area contributed by atoms with Crippen molar-refractivity contribution in [3.05, 3.63) is 61.7 Å². The molecule has 1 fully saturated rings. The number of carbonyl (C=O) groups is 2. The van der Waals surface area contributed by atoms with E-state index in [0.29, 0.717) is 61.6 Å². The lowest BCUT2D eigenvalue weighted by Gasteiger charge is -2.31. The van der Waals surface area contributed by atoms with Crippen LogP contribution in [0.15, 0.2) is 16.9 Å². The van der Waals surface area contributed by atoms with E-state index in [4.69, 9.17) is 14.5 Å². The summed E-state index contributed by atoms with van der Waals surface area (Å²) in [6.45, 7) is 5.32. The molecule has 2 aromatic heterocycles. The second-order valence-corrected chi connectivity index (χ2v) is 11.4. The number of pyridine rings is 2. The number of carbonyl (C=O) groups excluding carboxylic acids is 2. The molecule has 1 aromatic carbocycles. The Morgan fingerprint density at radius 3 is 2.88 bits per heavy atom. The Labute approximate surface area is 234 Å². The molecule has 41 heavy (non-hydrogen) atoms. The molecule has 4 aliphatic rings. The molecule has 5 heterocycles. The summed E-state index contributed by atoms with van der Waals surface area (Å²) in [5.41, 5.74) is 2.97. The summed E-state index contributed by atoms with van der Waals surface area (Å²) < 4.78 is 27.3. The highest BCUT2D eigenvalue weighted by atomic mass is 19.1. The van der Waals surface area contributed by atoms with Gasteiger partial charge in [-0.2, -0.15) is 0 Å². The quantitative estimate of drug-likeness (QED) is 0.320. The molecule has 3 aliphatic heterocycles. The molecule has 1 saturated heterocycles. The number of nitrogens with one attached hydrogen (secondary N) is 2. The van der Waals surface area contributed by atoms with E-state index in [1.54, 1.807) is 24.5 Å². The molecule has 3 N–H and O–H groups in total. The summed E-state index contributed by atoms with van der Waals surface area (Å²) in [6.07, 6.45) is 1.38. The second-order valence-electron chi connectivity index (χ2n) is 11.4. The number of fused-ring (bicyclic) bond motifs is 5. The molecular weight excluding hydrogens is 531 g/mol. The first-order valence-corrected chi connectivity index (χ1v) is 14.1. The number of ether oxygens (including phenoxy) is 2. The van der Waals surface area contributed by atoms with Crippen LogP contribution in [0.5, 0.6) is 0 Å². The normalized spacial score (nSPS) is 24.4. The van der Waals surface area contributed by atoms with Gasteiger partial charge in [0.25, 0.3) is 5.56 Å². The fourth-order valence-electron chi connectivity index (χ4n) is 6.94. The summed E-state index contributed by atoms with van der Waals surface area (Å²) in [7, 11) is 0. The van der Waals surface area contributed by atoms with Crippen LogP contribution in [0.4, 0.5) is 4.39 Å². The first kappa shape index (κ1) is 26.2. The molecule has 1 aliphatic carbocycles. The van der Waals surface area contributed by atoms with Gasteiger partial charge >= 0.3 is 5.97 Å². The van der Waals surface area contributed by atoms with Crippen LogP contribution in [0.1, 0.15) is 59.1 Å². The van der Waals surface area contributed by atoms with Crippen molar-refractivity contribution in [1.82, 2.24) is 20.2 Å². The highest BCUT2D eigenvalue weighted by molar-refractivity contribution is 5.93. The average molecular weight is 563 g/mol. The molecule has 7 rings (SSSR count). The molecule has 0 bridgehead atoms. The minimum atomic E-state index is -1.93. The molecule has 11 heteroatoms. The monoisotopic (exact) mass is 562 g/mol. The Morgan fingerprint density at radius 1 is 1.29 bits per heavy atom. The molecule has 214 valence electrons. The van der Waals surface area contributed by atoms with Crippen molar-refractivity contribution in [3.63, 3.8) is 0 Å². The number of halogens is 1. The molecule has 3 aromatic rings. The van der Waals surface area contributed by atoms with E-state index in [9.17, 15) is 19.5 Å². The number of benzene rings is 1. The van der Waals surface area contributed by atoms with Gasteiger partial charge in [-0.15, -0.1) is 0 Å². The van der Waals surface area contributed by atoms with Crippen LogP contribution in [-0.2, 0) is 44.2 Å². The van der Waals surface area contributed by atoms with Crippen molar-refractivity contribution in [3.8, 4) is 11.4 Å². The SMILES string of the molecule is CCC1(O)C(=O)OCc2c1cc1n(c2=O)Cc2c-1nc1cc(F)c(C)c3c1c2[C@H](CNC(=O)[C@@H]1COCCN1)CC3. The van der Waals surface area contributed by atoms with Crippen molar-refractivity contribution in [2.75, 3.05) is 26.3 Å². The van der Waals surface area contributed by atoms with E-state index >= 15 is 4.39 Å². The van der Waals surface area contributed by atoms with Crippen molar-refractivity contribution in [1.29, 1.82) is 0 Å². The first-order chi connectivity index (χ1) is 19.7. The summed E-state index contributed by atoms with van der Waals surface area (Å²) in [6, 6.07) is 2.68. The maximum absolute atomic E-state index is 15.1. The highest BCUT2D eigenvalue weighted by Gasteiger charge is 2.46. The van der Waals surface area contributed by atoms with E-state index in [-0.39, 0.29) is 53.9 Å². The second kappa shape index (κ2) is 9.43. The number of nitrogens with zero attached hydrogens (tertiary/aromatic N) is 2. The zero-order chi connectivity index (χ0) is 28.6. The highest BCUT2D eigenvalue weighted by Crippen LogP contribution is 2.46. The number of rotatable bonds is 4. The van der Waals surface area contributed by atoms with Gasteiger partial charge in [-0.1, -0.05) is 6.92 Å². The molecule has 10 nitrogen and oxygen atoms in total. The van der Waals surface area contributed by atoms with Gasteiger partial charge in [0.15, 0.2) is 5.60 Å². The fourth-order valence-corrected chi connectivity index (χ4v) is 6.94. The van der Waals surface area contributed by atoms with Gasteiger partial charge in [-0.3, -0.25) is 9.59 Å². The van der Waals surface area contributed by atoms with Crippen LogP contribution in [0, 0.1) is 12.7 Å². The molecule has 0 radical (unpaired) electrons. The molecule has 3 atom stereocenters. The summed E-state index contributed by atoms with van der Waals surface area (Å²) in [4.78, 5) is 44.1. The van der Waals surface area contributed by atoms with Gasteiger partial charge in [0.05, 0.1) is 42.2 Å². The van der Waals surface area contributed by atoms with Crippen LogP contribution >= 0.6 is 0 Å². The zero-order valence-electron chi connectivity index (χ0n) is 22.9. The third kappa shape index (κ3) is 3.79. The predicted molar refractivity (Wildman–Crippen MR) is 146 cm³/mol. The predicted octanol–water partition coefficient (Wildman–Crippen LogP) is 1.66. The molecule has 1 unspecified atom stereocenters. The van der Waals surface area contributed by atoms with Crippen LogP contribution in [0.25, 0.3) is 22.3 Å². The minimum absolute atomic E-state index is 0.0431. The largest absolute Gasteiger partial charge is 0.458 e. The Balaban J connectivity index is 1.38. The van der Waals surface area contributed by atoms with Crippen LogP contribution in [-0.4, -0.2) is 58.9 Å². The molecule has 1 amide bonds. The van der Waals surface area contributed by atoms with Gasteiger partial charge in [-0.05, 0) is 48.9 Å². The van der Waals surface area contributed by atoms with Gasteiger partial charge in [0.1, 0.15) is 18.5 Å². The Hall–Kier alpha value is -3.67. The number of amides is 1. The third-order valence-corrected chi connectivity index (χ3v) is 9.26. The average Bonchev–Trinajstić information content (AvgIpc) is 3.36. The van der Waals surface area contributed by atoms with Crippen LogP contribution in [0.3, 0.4) is 0 Å². The van der Waals surface area contributed by atoms with Crippen molar-refractivity contribution in [2.45, 2.75) is 63.8 Å². The van der Waals surface area contributed by atoms with Crippen molar-refractivity contribution >= 4 is 22.8 Å². The lowest BCUT2D eigenvalue weighted by Crippen LogP contribution is -2.51. The third-order valence-electron chi connectivity index (χ3n) is 9.26. The number of morpholine rings is 1. The Kier molecular flexibility index (Phi) is 6.04. The van der Waals surface area contributed by atoms with Gasteiger partial charge < -0.3 is 29.8 Å². The van der Waals surface area contributed by atoms with E-state index in [2.05, 4.69) is 10.6 Å². The lowest BCUT2D eigenvalue weighted by atomic mass is 9.78. The number of hydrogen-bond donors (Lipinski definition) is 3. The number of esters is 1. The summed E-state index contributed by atoms with van der Waals surface area (Å²) >= 11 is 0. The minimum Gasteiger partial charge on any atom is -0.458 e. The zero-order valence-corrected chi connectivity index (χ0v) is 22.9. The summed E-state index contributed by atoms with van der Waals surface area (Å²) in [5, 5.41) is 18.3. The number of aromatic nitrogens is 2. The van der Waals surface area contributed by atoms with E-state index in [1.807, 2.05) is 0 Å². The first-order valence-electron chi connectivity index (χ1n) is 14.1. The Morgan fingerprint density at radius 2 is 2.12 bits per heavy atom. The molecule has 0 spiro atoms. The van der Waals surface area contributed by atoms with Gasteiger partial charge in [0, 0.05) is 41.6 Å². The fraction of sp³-hybridized carbons (Fsp3) is 0.467. The number of hydrogen-bond acceptors (Lipinski definition) is 8. The van der Waals surface area contributed by atoms with E-state index < -0.39 is 17.6 Å². The van der Waals surface area contributed by atoms with Crippen molar-refractivity contribution in [2.24, 2.45) is 0 Å². The van der Waals surface area contributed by atoms with Crippen LogP contribution in [0.2, 0.25) is 0 Å². The maximum atomic E-state index is 15.1. The molecular formula is C30H31FN4O6. The standard InChI is InChI=1S/C30H31FN4O6/c1-3-30(39)19-8-23-26-17(11-35(23)28(37)18(19)12-41-29(30)38)24-15(10-33-27(36)22-13-40-7-6-32-22)4-5-16-14(2)20(31)9-21(34-26)25(16)24/h8-9,15,22,32,39H,3-7,10-13H2,1-2H3,(H,33,36)/t15-,22-,30?/m0/s1. The number of aliphatic hydroxyl groups is 1. The maximum Gasteiger partial charge on any atom is 0.343 e. The van der Waals surface area contributed by atoms with Crippen molar-refractivity contribution < 1.29 is 28.6 Å². The topological polar surface area (TPSA) is 132 Å². The number of aryl methyl sites for hydroxylation is 1. The van der Waals surface area contributed by atoms with E-state index in [0.717, 1.165) is 22.1 Å². The Bertz CT molecular complexity index is 1710. The van der Waals surface area contributed by atoms with E-state index in [1.165, 1.54) is 6.07 Å². The summed E-state index contributed by atoms with van der Waals surface area (Å²) in [5.74, 6) is -1.35. The van der Waals surface area contributed by atoms with Gasteiger partial charge in [-0.25, -0.2) is 14.2 Å². The number of cyclic esters (lactones) is 1. The lowest BCUT2D eigenvalue weighted by molar-refractivity contribution is -0.172. The van der Waals surface area contributed by atoms with Crippen LogP contribution < -0.4 is 16.2 Å². The smallest absolute Gasteiger partial charge is 0.343 e. The van der Waals surface area contributed by atoms with Gasteiger partial charge in [0.2, 0.25) is 5.91 Å². The molecule has 0 saturated carbocycles.